The minimum atomic E-state index is 0.704. The second-order valence-electron chi connectivity index (χ2n) is 5.96. The number of hydrogen-bond donors (Lipinski definition) is 2. The third kappa shape index (κ3) is 3.28. The number of anilines is 1. The van der Waals surface area contributed by atoms with E-state index in [0.717, 1.165) is 6.54 Å². The van der Waals surface area contributed by atoms with Gasteiger partial charge in [-0.05, 0) is 50.4 Å². The smallest absolute Gasteiger partial charge is 0.0368 e. The van der Waals surface area contributed by atoms with Crippen LogP contribution in [0.3, 0.4) is 0 Å². The summed E-state index contributed by atoms with van der Waals surface area (Å²) in [5, 5.41) is 7.24. The maximum absolute atomic E-state index is 3.81. The summed E-state index contributed by atoms with van der Waals surface area (Å²) < 4.78 is 0. The highest BCUT2D eigenvalue weighted by atomic mass is 15.2. The monoisotopic (exact) mass is 259 g/mol. The van der Waals surface area contributed by atoms with Crippen LogP contribution in [0.1, 0.15) is 24.8 Å². The highest BCUT2D eigenvalue weighted by molar-refractivity contribution is 5.48. The highest BCUT2D eigenvalue weighted by Crippen LogP contribution is 2.21. The topological polar surface area (TPSA) is 27.3 Å². The molecule has 0 aromatic heterocycles. The van der Waals surface area contributed by atoms with E-state index in [4.69, 9.17) is 0 Å². The molecule has 104 valence electrons. The highest BCUT2D eigenvalue weighted by Gasteiger charge is 2.23. The van der Waals surface area contributed by atoms with Crippen molar-refractivity contribution in [2.45, 2.75) is 38.3 Å². The van der Waals surface area contributed by atoms with E-state index < -0.39 is 0 Å². The molecule has 2 aliphatic rings. The van der Waals surface area contributed by atoms with Crippen molar-refractivity contribution in [2.75, 3.05) is 31.1 Å². The van der Waals surface area contributed by atoms with Gasteiger partial charge in [-0.1, -0.05) is 12.1 Å². The van der Waals surface area contributed by atoms with Gasteiger partial charge in [-0.25, -0.2) is 0 Å². The molecule has 2 saturated heterocycles. The first kappa shape index (κ1) is 12.9. The Kier molecular flexibility index (Phi) is 4.04. The number of aryl methyl sites for hydroxylation is 1. The summed E-state index contributed by atoms with van der Waals surface area (Å²) in [4.78, 5) is 2.53. The van der Waals surface area contributed by atoms with Crippen molar-refractivity contribution >= 4 is 5.69 Å². The van der Waals surface area contributed by atoms with Crippen LogP contribution in [0.4, 0.5) is 5.69 Å². The molecule has 0 saturated carbocycles. The number of piperidine rings is 1. The predicted octanol–water partition coefficient (Wildman–Crippen LogP) is 1.92. The van der Waals surface area contributed by atoms with Crippen LogP contribution in [-0.2, 0) is 0 Å². The Morgan fingerprint density at radius 2 is 2.00 bits per heavy atom. The zero-order chi connectivity index (χ0) is 13.1. The lowest BCUT2D eigenvalue weighted by Crippen LogP contribution is -2.46. The van der Waals surface area contributed by atoms with Gasteiger partial charge in [0.15, 0.2) is 0 Å². The van der Waals surface area contributed by atoms with Gasteiger partial charge in [-0.2, -0.15) is 0 Å². The molecule has 3 heteroatoms. The van der Waals surface area contributed by atoms with E-state index in [1.54, 1.807) is 0 Å². The Hall–Kier alpha value is -1.06. The minimum absolute atomic E-state index is 0.704. The molecule has 1 aromatic carbocycles. The molecule has 1 atom stereocenters. The average molecular weight is 259 g/mol. The summed E-state index contributed by atoms with van der Waals surface area (Å²) >= 11 is 0. The molecule has 0 aliphatic carbocycles. The third-order valence-electron chi connectivity index (χ3n) is 4.39. The molecule has 0 amide bonds. The van der Waals surface area contributed by atoms with E-state index in [1.807, 2.05) is 0 Å². The SMILES string of the molecule is Cc1cccc(N2CCC(NC3CCNC3)CC2)c1. The molecule has 2 heterocycles. The van der Waals surface area contributed by atoms with Crippen LogP contribution in [0.25, 0.3) is 0 Å². The summed E-state index contributed by atoms with van der Waals surface area (Å²) in [5.74, 6) is 0. The maximum atomic E-state index is 3.81. The van der Waals surface area contributed by atoms with Gasteiger partial charge >= 0.3 is 0 Å². The maximum Gasteiger partial charge on any atom is 0.0368 e. The summed E-state index contributed by atoms with van der Waals surface area (Å²) in [6.45, 7) is 6.87. The molecule has 2 N–H and O–H groups in total. The van der Waals surface area contributed by atoms with Gasteiger partial charge in [-0.3, -0.25) is 0 Å². The van der Waals surface area contributed by atoms with Crippen LogP contribution < -0.4 is 15.5 Å². The van der Waals surface area contributed by atoms with Crippen molar-refractivity contribution in [3.05, 3.63) is 29.8 Å². The largest absolute Gasteiger partial charge is 0.371 e. The molecule has 3 rings (SSSR count). The molecule has 1 unspecified atom stereocenters. The van der Waals surface area contributed by atoms with Crippen molar-refractivity contribution < 1.29 is 0 Å². The van der Waals surface area contributed by atoms with Crippen LogP contribution in [0, 0.1) is 6.92 Å². The quantitative estimate of drug-likeness (QED) is 0.868. The second-order valence-corrected chi connectivity index (χ2v) is 5.96. The lowest BCUT2D eigenvalue weighted by atomic mass is 10.0. The van der Waals surface area contributed by atoms with Crippen molar-refractivity contribution in [1.82, 2.24) is 10.6 Å². The van der Waals surface area contributed by atoms with E-state index in [2.05, 4.69) is 46.7 Å². The van der Waals surface area contributed by atoms with E-state index >= 15 is 0 Å². The standard InChI is InChI=1S/C16H25N3/c1-13-3-2-4-16(11-13)19-9-6-14(7-10-19)18-15-5-8-17-12-15/h2-4,11,14-15,17-18H,5-10,12H2,1H3. The van der Waals surface area contributed by atoms with Crippen molar-refractivity contribution in [2.24, 2.45) is 0 Å². The predicted molar refractivity (Wildman–Crippen MR) is 80.8 cm³/mol. The molecule has 2 fully saturated rings. The zero-order valence-electron chi connectivity index (χ0n) is 11.9. The fraction of sp³-hybridized carbons (Fsp3) is 0.625. The van der Waals surface area contributed by atoms with Crippen LogP contribution in [0.2, 0.25) is 0 Å². The summed E-state index contributed by atoms with van der Waals surface area (Å²) in [6, 6.07) is 10.3. The Labute approximate surface area is 116 Å². The van der Waals surface area contributed by atoms with Gasteiger partial charge in [0.1, 0.15) is 0 Å². The molecular weight excluding hydrogens is 234 g/mol. The third-order valence-corrected chi connectivity index (χ3v) is 4.39. The van der Waals surface area contributed by atoms with E-state index in [-0.39, 0.29) is 0 Å². The Balaban J connectivity index is 1.51. The second kappa shape index (κ2) is 5.93. The molecule has 0 radical (unpaired) electrons. The fourth-order valence-electron chi connectivity index (χ4n) is 3.26. The van der Waals surface area contributed by atoms with E-state index in [9.17, 15) is 0 Å². The number of nitrogens with zero attached hydrogens (tertiary/aromatic N) is 1. The molecular formula is C16H25N3. The normalized spacial score (nSPS) is 24.9. The first-order chi connectivity index (χ1) is 9.31. The van der Waals surface area contributed by atoms with Gasteiger partial charge < -0.3 is 15.5 Å². The molecule has 2 aliphatic heterocycles. The minimum Gasteiger partial charge on any atom is -0.371 e. The van der Waals surface area contributed by atoms with E-state index in [1.165, 1.54) is 50.1 Å². The Morgan fingerprint density at radius 3 is 2.68 bits per heavy atom. The van der Waals surface area contributed by atoms with Crippen LogP contribution >= 0.6 is 0 Å². The average Bonchev–Trinajstić information content (AvgIpc) is 2.92. The molecule has 19 heavy (non-hydrogen) atoms. The van der Waals surface area contributed by atoms with Gasteiger partial charge in [0.25, 0.3) is 0 Å². The first-order valence-corrected chi connectivity index (χ1v) is 7.59. The van der Waals surface area contributed by atoms with Crippen molar-refractivity contribution in [3.8, 4) is 0 Å². The van der Waals surface area contributed by atoms with Crippen LogP contribution in [0.5, 0.6) is 0 Å². The van der Waals surface area contributed by atoms with Gasteiger partial charge in [0.05, 0.1) is 0 Å². The van der Waals surface area contributed by atoms with Gasteiger partial charge in [0, 0.05) is 37.4 Å². The summed E-state index contributed by atoms with van der Waals surface area (Å²) in [6.07, 6.45) is 3.83. The fourth-order valence-corrected chi connectivity index (χ4v) is 3.26. The Morgan fingerprint density at radius 1 is 1.16 bits per heavy atom. The molecule has 0 bridgehead atoms. The van der Waals surface area contributed by atoms with Gasteiger partial charge in [0.2, 0.25) is 0 Å². The Bertz CT molecular complexity index is 404. The summed E-state index contributed by atoms with van der Waals surface area (Å²) in [7, 11) is 0. The van der Waals surface area contributed by atoms with Crippen LogP contribution in [0.15, 0.2) is 24.3 Å². The first-order valence-electron chi connectivity index (χ1n) is 7.59. The van der Waals surface area contributed by atoms with Crippen molar-refractivity contribution in [3.63, 3.8) is 0 Å². The lowest BCUT2D eigenvalue weighted by molar-refractivity contribution is 0.375. The lowest BCUT2D eigenvalue weighted by Gasteiger charge is -2.35. The number of nitrogens with one attached hydrogen (secondary N) is 2. The molecule has 0 spiro atoms. The number of rotatable bonds is 3. The number of benzene rings is 1. The van der Waals surface area contributed by atoms with Gasteiger partial charge in [-0.15, -0.1) is 0 Å². The van der Waals surface area contributed by atoms with Crippen LogP contribution in [-0.4, -0.2) is 38.3 Å². The zero-order valence-corrected chi connectivity index (χ0v) is 11.9. The molecule has 1 aromatic rings. The molecule has 3 nitrogen and oxygen atoms in total. The van der Waals surface area contributed by atoms with E-state index in [0.29, 0.717) is 12.1 Å². The number of hydrogen-bond acceptors (Lipinski definition) is 3. The summed E-state index contributed by atoms with van der Waals surface area (Å²) in [5.41, 5.74) is 2.75. The van der Waals surface area contributed by atoms with Crippen molar-refractivity contribution in [1.29, 1.82) is 0 Å².